The maximum absolute atomic E-state index is 10.7. The molecule has 2 atom stereocenters. The number of nitrogens with zero attached hydrogens (tertiary/aromatic N) is 2. The van der Waals surface area contributed by atoms with Crippen molar-refractivity contribution in [3.63, 3.8) is 0 Å². The number of carboxylic acid groups (broad SMARTS) is 1. The molecular weight excluding hydrogens is 232 g/mol. The van der Waals surface area contributed by atoms with Crippen LogP contribution >= 0.6 is 0 Å². The molecule has 4 N–H and O–H groups in total. The van der Waals surface area contributed by atoms with E-state index in [-0.39, 0.29) is 6.42 Å². The van der Waals surface area contributed by atoms with Crippen LogP contribution in [0.2, 0.25) is 0 Å². The zero-order valence-corrected chi connectivity index (χ0v) is 10.6. The number of nitrogens with one attached hydrogen (secondary N) is 1. The lowest BCUT2D eigenvalue weighted by atomic mass is 9.96. The van der Waals surface area contributed by atoms with Crippen LogP contribution in [0.15, 0.2) is 6.20 Å². The van der Waals surface area contributed by atoms with Crippen LogP contribution in [0.5, 0.6) is 0 Å². The molecule has 1 aliphatic heterocycles. The smallest absolute Gasteiger partial charge is 0.320 e. The van der Waals surface area contributed by atoms with E-state index in [0.29, 0.717) is 11.7 Å². The van der Waals surface area contributed by atoms with E-state index in [4.69, 9.17) is 10.8 Å². The molecule has 0 aromatic carbocycles. The summed E-state index contributed by atoms with van der Waals surface area (Å²) in [5.74, 6) is 0.129. The van der Waals surface area contributed by atoms with Crippen molar-refractivity contribution in [1.29, 1.82) is 0 Å². The summed E-state index contributed by atoms with van der Waals surface area (Å²) in [6.45, 7) is 2.16. The van der Waals surface area contributed by atoms with E-state index in [1.165, 1.54) is 6.42 Å². The van der Waals surface area contributed by atoms with Crippen molar-refractivity contribution in [3.8, 4) is 0 Å². The molecule has 6 nitrogen and oxygen atoms in total. The molecule has 1 aromatic rings. The lowest BCUT2D eigenvalue weighted by molar-refractivity contribution is -0.138. The SMILES string of the molecule is CN1CCCC(c2cnc(CC(N)C(=O)O)[nH]2)C1. The molecule has 2 rings (SSSR count). The number of carbonyl (C=O) groups is 1. The monoisotopic (exact) mass is 252 g/mol. The number of piperidine rings is 1. The first-order chi connectivity index (χ1) is 8.56. The van der Waals surface area contributed by atoms with Crippen LogP contribution in [-0.4, -0.2) is 52.1 Å². The Labute approximate surface area is 106 Å². The summed E-state index contributed by atoms with van der Waals surface area (Å²) in [4.78, 5) is 20.4. The van der Waals surface area contributed by atoms with Gasteiger partial charge >= 0.3 is 5.97 Å². The molecule has 0 radical (unpaired) electrons. The average Bonchev–Trinajstić information content (AvgIpc) is 2.77. The standard InChI is InChI=1S/C12H20N4O2/c1-16-4-2-3-8(7-16)10-6-14-11(15-10)5-9(13)12(17)18/h6,8-9H,2-5,7,13H2,1H3,(H,14,15)(H,17,18). The highest BCUT2D eigenvalue weighted by Gasteiger charge is 2.21. The van der Waals surface area contributed by atoms with Gasteiger partial charge in [0.05, 0.1) is 0 Å². The highest BCUT2D eigenvalue weighted by Crippen LogP contribution is 2.24. The van der Waals surface area contributed by atoms with Crippen LogP contribution < -0.4 is 5.73 Å². The third kappa shape index (κ3) is 3.08. The second-order valence-electron chi connectivity index (χ2n) is 5.04. The molecule has 2 heterocycles. The summed E-state index contributed by atoms with van der Waals surface area (Å²) in [6, 6.07) is -0.891. The van der Waals surface area contributed by atoms with Crippen LogP contribution in [0, 0.1) is 0 Å². The lowest BCUT2D eigenvalue weighted by Gasteiger charge is -2.28. The quantitative estimate of drug-likeness (QED) is 0.710. The summed E-state index contributed by atoms with van der Waals surface area (Å²) in [5, 5.41) is 8.76. The molecule has 1 saturated heterocycles. The number of likely N-dealkylation sites (tertiary alicyclic amines) is 1. The van der Waals surface area contributed by atoms with E-state index in [2.05, 4.69) is 21.9 Å². The number of nitrogens with two attached hydrogens (primary N) is 1. The Morgan fingerprint density at radius 1 is 1.78 bits per heavy atom. The second kappa shape index (κ2) is 5.49. The van der Waals surface area contributed by atoms with Gasteiger partial charge in [-0.2, -0.15) is 0 Å². The Morgan fingerprint density at radius 3 is 3.22 bits per heavy atom. The van der Waals surface area contributed by atoms with Crippen molar-refractivity contribution in [2.24, 2.45) is 5.73 Å². The summed E-state index contributed by atoms with van der Waals surface area (Å²) in [6.07, 6.45) is 4.40. The average molecular weight is 252 g/mol. The van der Waals surface area contributed by atoms with Gasteiger partial charge in [-0.1, -0.05) is 0 Å². The summed E-state index contributed by atoms with van der Waals surface area (Å²) >= 11 is 0. The van der Waals surface area contributed by atoms with E-state index in [9.17, 15) is 4.79 Å². The van der Waals surface area contributed by atoms with Crippen molar-refractivity contribution in [1.82, 2.24) is 14.9 Å². The topological polar surface area (TPSA) is 95.2 Å². The molecule has 0 spiro atoms. The molecule has 0 amide bonds. The first-order valence-electron chi connectivity index (χ1n) is 6.27. The van der Waals surface area contributed by atoms with Gasteiger partial charge in [0.25, 0.3) is 0 Å². The molecule has 1 aliphatic rings. The van der Waals surface area contributed by atoms with Crippen molar-refractivity contribution < 1.29 is 9.90 Å². The molecule has 1 fully saturated rings. The molecule has 6 heteroatoms. The second-order valence-corrected chi connectivity index (χ2v) is 5.04. The summed E-state index contributed by atoms with van der Waals surface area (Å²) < 4.78 is 0. The third-order valence-corrected chi connectivity index (χ3v) is 3.44. The first-order valence-corrected chi connectivity index (χ1v) is 6.27. The zero-order valence-electron chi connectivity index (χ0n) is 10.6. The van der Waals surface area contributed by atoms with Crippen LogP contribution in [0.1, 0.15) is 30.3 Å². The van der Waals surface area contributed by atoms with Crippen LogP contribution in [0.25, 0.3) is 0 Å². The Bertz CT molecular complexity index is 418. The molecular formula is C12H20N4O2. The fourth-order valence-electron chi connectivity index (χ4n) is 2.41. The number of carboxylic acids is 1. The molecule has 0 saturated carbocycles. The van der Waals surface area contributed by atoms with Crippen molar-refractivity contribution in [2.75, 3.05) is 20.1 Å². The largest absolute Gasteiger partial charge is 0.480 e. The van der Waals surface area contributed by atoms with E-state index in [1.807, 2.05) is 6.20 Å². The van der Waals surface area contributed by atoms with Gasteiger partial charge in [0.1, 0.15) is 11.9 Å². The van der Waals surface area contributed by atoms with Gasteiger partial charge in [0.15, 0.2) is 0 Å². The summed E-state index contributed by atoms with van der Waals surface area (Å²) in [7, 11) is 2.11. The first kappa shape index (κ1) is 13.0. The number of hydrogen-bond acceptors (Lipinski definition) is 4. The Kier molecular flexibility index (Phi) is 3.98. The van der Waals surface area contributed by atoms with Gasteiger partial charge < -0.3 is 20.7 Å². The number of rotatable bonds is 4. The van der Waals surface area contributed by atoms with Crippen molar-refractivity contribution in [2.45, 2.75) is 31.2 Å². The number of aromatic nitrogens is 2. The van der Waals surface area contributed by atoms with Gasteiger partial charge in [0.2, 0.25) is 0 Å². The van der Waals surface area contributed by atoms with E-state index in [1.54, 1.807) is 0 Å². The van der Waals surface area contributed by atoms with Crippen LogP contribution in [-0.2, 0) is 11.2 Å². The van der Waals surface area contributed by atoms with Crippen LogP contribution in [0.4, 0.5) is 0 Å². The predicted molar refractivity (Wildman–Crippen MR) is 67.4 cm³/mol. The number of imidazole rings is 1. The van der Waals surface area contributed by atoms with Gasteiger partial charge in [-0.3, -0.25) is 4.79 Å². The minimum Gasteiger partial charge on any atom is -0.480 e. The fraction of sp³-hybridized carbons (Fsp3) is 0.667. The number of aliphatic carboxylic acids is 1. The Balaban J connectivity index is 1.99. The molecule has 18 heavy (non-hydrogen) atoms. The van der Waals surface area contributed by atoms with E-state index < -0.39 is 12.0 Å². The number of hydrogen-bond donors (Lipinski definition) is 3. The zero-order chi connectivity index (χ0) is 13.1. The predicted octanol–water partition coefficient (Wildman–Crippen LogP) is 0.173. The Hall–Kier alpha value is -1.40. The minimum absolute atomic E-state index is 0.248. The number of likely N-dealkylation sites (N-methyl/N-ethyl adjacent to an activating group) is 1. The number of aromatic amines is 1. The minimum atomic E-state index is -0.995. The molecule has 0 bridgehead atoms. The molecule has 1 aromatic heterocycles. The highest BCUT2D eigenvalue weighted by molar-refractivity contribution is 5.73. The maximum atomic E-state index is 10.7. The normalized spacial score (nSPS) is 22.9. The van der Waals surface area contributed by atoms with E-state index >= 15 is 0 Å². The lowest BCUT2D eigenvalue weighted by Crippen LogP contribution is -2.32. The third-order valence-electron chi connectivity index (χ3n) is 3.44. The summed E-state index contributed by atoms with van der Waals surface area (Å²) in [5.41, 5.74) is 6.58. The van der Waals surface area contributed by atoms with Gasteiger partial charge in [0, 0.05) is 30.8 Å². The van der Waals surface area contributed by atoms with E-state index in [0.717, 1.165) is 25.2 Å². The Morgan fingerprint density at radius 2 is 2.56 bits per heavy atom. The maximum Gasteiger partial charge on any atom is 0.320 e. The van der Waals surface area contributed by atoms with Gasteiger partial charge in [-0.25, -0.2) is 4.98 Å². The van der Waals surface area contributed by atoms with Gasteiger partial charge in [-0.15, -0.1) is 0 Å². The van der Waals surface area contributed by atoms with Gasteiger partial charge in [-0.05, 0) is 26.4 Å². The van der Waals surface area contributed by atoms with Crippen LogP contribution in [0.3, 0.4) is 0 Å². The van der Waals surface area contributed by atoms with Crippen molar-refractivity contribution in [3.05, 3.63) is 17.7 Å². The molecule has 0 aliphatic carbocycles. The highest BCUT2D eigenvalue weighted by atomic mass is 16.4. The fourth-order valence-corrected chi connectivity index (χ4v) is 2.41. The van der Waals surface area contributed by atoms with Crippen molar-refractivity contribution >= 4 is 5.97 Å². The number of H-pyrrole nitrogens is 1. The molecule has 100 valence electrons. The molecule has 2 unspecified atom stereocenters.